The van der Waals surface area contributed by atoms with Crippen molar-refractivity contribution in [2.45, 2.75) is 5.92 Å². The quantitative estimate of drug-likeness (QED) is 0.722. The van der Waals surface area contributed by atoms with Gasteiger partial charge in [-0.05, 0) is 17.7 Å². The van der Waals surface area contributed by atoms with Crippen LogP contribution in [-0.4, -0.2) is 38.1 Å². The maximum absolute atomic E-state index is 11.1. The molecular formula is C12H15NO5. The van der Waals surface area contributed by atoms with Gasteiger partial charge in [-0.25, -0.2) is 0 Å². The first kappa shape index (κ1) is 14.0. The molecule has 1 atom stereocenters. The third-order valence-electron chi connectivity index (χ3n) is 2.63. The molecule has 0 spiro atoms. The van der Waals surface area contributed by atoms with E-state index in [2.05, 4.69) is 0 Å². The van der Waals surface area contributed by atoms with Gasteiger partial charge in [-0.2, -0.15) is 0 Å². The Bertz CT molecular complexity index is 458. The lowest BCUT2D eigenvalue weighted by Crippen LogP contribution is -2.22. The molecule has 0 aromatic heterocycles. The van der Waals surface area contributed by atoms with Gasteiger partial charge >= 0.3 is 5.97 Å². The molecule has 98 valence electrons. The number of ether oxygens (including phenoxy) is 2. The highest BCUT2D eigenvalue weighted by Crippen LogP contribution is 2.33. The van der Waals surface area contributed by atoms with Crippen molar-refractivity contribution in [2.24, 2.45) is 5.73 Å². The van der Waals surface area contributed by atoms with Crippen molar-refractivity contribution in [1.29, 1.82) is 0 Å². The van der Waals surface area contributed by atoms with Crippen LogP contribution in [0.15, 0.2) is 12.1 Å². The van der Waals surface area contributed by atoms with E-state index < -0.39 is 11.9 Å². The predicted octanol–water partition coefficient (Wildman–Crippen LogP) is 0.643. The molecule has 1 unspecified atom stereocenters. The predicted molar refractivity (Wildman–Crippen MR) is 64.4 cm³/mol. The third-order valence-corrected chi connectivity index (χ3v) is 2.63. The fourth-order valence-corrected chi connectivity index (χ4v) is 1.68. The van der Waals surface area contributed by atoms with Crippen molar-refractivity contribution in [3.8, 4) is 11.5 Å². The average Bonchev–Trinajstić information content (AvgIpc) is 2.38. The Morgan fingerprint density at radius 1 is 1.39 bits per heavy atom. The fourth-order valence-electron chi connectivity index (χ4n) is 1.68. The van der Waals surface area contributed by atoms with Crippen LogP contribution in [0.25, 0.3) is 0 Å². The summed E-state index contributed by atoms with van der Waals surface area (Å²) in [6.45, 7) is -0.105. The van der Waals surface area contributed by atoms with Gasteiger partial charge in [-0.3, -0.25) is 9.59 Å². The Labute approximate surface area is 104 Å². The molecule has 6 heteroatoms. The molecule has 0 saturated heterocycles. The van der Waals surface area contributed by atoms with E-state index in [4.69, 9.17) is 20.3 Å². The van der Waals surface area contributed by atoms with Crippen LogP contribution in [0.4, 0.5) is 0 Å². The summed E-state index contributed by atoms with van der Waals surface area (Å²) in [7, 11) is 2.87. The van der Waals surface area contributed by atoms with Gasteiger partial charge < -0.3 is 20.3 Å². The van der Waals surface area contributed by atoms with Crippen molar-refractivity contribution in [3.05, 3.63) is 23.3 Å². The molecule has 0 heterocycles. The SMILES string of the molecule is COc1cc(C=O)c(C(CN)C(=O)O)cc1OC. The maximum atomic E-state index is 11.1. The number of carbonyl (C=O) groups is 2. The highest BCUT2D eigenvalue weighted by atomic mass is 16.5. The molecule has 1 rings (SSSR count). The molecule has 0 bridgehead atoms. The second kappa shape index (κ2) is 6.02. The molecule has 0 aliphatic carbocycles. The maximum Gasteiger partial charge on any atom is 0.312 e. The largest absolute Gasteiger partial charge is 0.493 e. The lowest BCUT2D eigenvalue weighted by atomic mass is 9.94. The number of rotatable bonds is 6. The van der Waals surface area contributed by atoms with E-state index >= 15 is 0 Å². The lowest BCUT2D eigenvalue weighted by molar-refractivity contribution is -0.138. The van der Waals surface area contributed by atoms with Crippen LogP contribution in [0.1, 0.15) is 21.8 Å². The summed E-state index contributed by atoms with van der Waals surface area (Å²) in [6.07, 6.45) is 0.572. The molecule has 0 saturated carbocycles. The van der Waals surface area contributed by atoms with E-state index in [0.717, 1.165) is 0 Å². The van der Waals surface area contributed by atoms with Gasteiger partial charge in [0.15, 0.2) is 11.5 Å². The second-order valence-corrected chi connectivity index (χ2v) is 3.58. The minimum atomic E-state index is -1.09. The lowest BCUT2D eigenvalue weighted by Gasteiger charge is -2.16. The van der Waals surface area contributed by atoms with Crippen molar-refractivity contribution < 1.29 is 24.2 Å². The summed E-state index contributed by atoms with van der Waals surface area (Å²) < 4.78 is 10.1. The van der Waals surface area contributed by atoms with Crippen LogP contribution in [-0.2, 0) is 4.79 Å². The van der Waals surface area contributed by atoms with E-state index in [0.29, 0.717) is 23.3 Å². The summed E-state index contributed by atoms with van der Waals surface area (Å²) in [5.74, 6) is -1.32. The zero-order chi connectivity index (χ0) is 13.7. The zero-order valence-corrected chi connectivity index (χ0v) is 10.2. The van der Waals surface area contributed by atoms with Gasteiger partial charge in [0.25, 0.3) is 0 Å². The minimum Gasteiger partial charge on any atom is -0.493 e. The Morgan fingerprint density at radius 2 is 1.94 bits per heavy atom. The Kier molecular flexibility index (Phi) is 4.67. The fraction of sp³-hybridized carbons (Fsp3) is 0.333. The molecule has 18 heavy (non-hydrogen) atoms. The van der Waals surface area contributed by atoms with Crippen LogP contribution < -0.4 is 15.2 Å². The van der Waals surface area contributed by atoms with Gasteiger partial charge in [0, 0.05) is 12.1 Å². The molecule has 0 aliphatic heterocycles. The molecule has 0 amide bonds. The number of carboxylic acids is 1. The van der Waals surface area contributed by atoms with E-state index in [1.54, 1.807) is 0 Å². The number of hydrogen-bond donors (Lipinski definition) is 2. The topological polar surface area (TPSA) is 98.9 Å². The monoisotopic (exact) mass is 253 g/mol. The van der Waals surface area contributed by atoms with Crippen molar-refractivity contribution in [1.82, 2.24) is 0 Å². The van der Waals surface area contributed by atoms with Crippen LogP contribution >= 0.6 is 0 Å². The number of aliphatic carboxylic acids is 1. The number of methoxy groups -OCH3 is 2. The molecule has 0 fully saturated rings. The van der Waals surface area contributed by atoms with Crippen LogP contribution in [0, 0.1) is 0 Å². The van der Waals surface area contributed by atoms with Gasteiger partial charge in [-0.1, -0.05) is 0 Å². The van der Waals surface area contributed by atoms with Crippen LogP contribution in [0.3, 0.4) is 0 Å². The normalized spacial score (nSPS) is 11.7. The smallest absolute Gasteiger partial charge is 0.312 e. The summed E-state index contributed by atoms with van der Waals surface area (Å²) in [5.41, 5.74) is 5.97. The Morgan fingerprint density at radius 3 is 2.33 bits per heavy atom. The number of benzene rings is 1. The summed E-state index contributed by atoms with van der Waals surface area (Å²) in [6, 6.07) is 2.90. The second-order valence-electron chi connectivity index (χ2n) is 3.58. The summed E-state index contributed by atoms with van der Waals surface area (Å²) >= 11 is 0. The van der Waals surface area contributed by atoms with Gasteiger partial charge in [-0.15, -0.1) is 0 Å². The summed E-state index contributed by atoms with van der Waals surface area (Å²) in [5, 5.41) is 9.07. The van der Waals surface area contributed by atoms with Crippen LogP contribution in [0.5, 0.6) is 11.5 Å². The Balaban J connectivity index is 3.41. The molecule has 6 nitrogen and oxygen atoms in total. The standard InChI is InChI=1S/C12H15NO5/c1-17-10-3-7(6-14)8(4-11(10)18-2)9(5-13)12(15)16/h3-4,6,9H,5,13H2,1-2H3,(H,15,16). The third kappa shape index (κ3) is 2.60. The molecule has 1 aromatic carbocycles. The van der Waals surface area contributed by atoms with Gasteiger partial charge in [0.1, 0.15) is 6.29 Å². The number of hydrogen-bond acceptors (Lipinski definition) is 5. The van der Waals surface area contributed by atoms with E-state index in [1.165, 1.54) is 26.4 Å². The highest BCUT2D eigenvalue weighted by Gasteiger charge is 2.23. The average molecular weight is 253 g/mol. The number of carboxylic acid groups (broad SMARTS) is 1. The van der Waals surface area contributed by atoms with E-state index in [1.807, 2.05) is 0 Å². The van der Waals surface area contributed by atoms with Gasteiger partial charge in [0.05, 0.1) is 20.1 Å². The minimum absolute atomic E-state index is 0.105. The van der Waals surface area contributed by atoms with Crippen molar-refractivity contribution in [3.63, 3.8) is 0 Å². The first-order valence-electron chi connectivity index (χ1n) is 5.23. The van der Waals surface area contributed by atoms with Crippen LogP contribution in [0.2, 0.25) is 0 Å². The summed E-state index contributed by atoms with van der Waals surface area (Å²) in [4.78, 5) is 22.1. The molecular weight excluding hydrogens is 238 g/mol. The first-order valence-corrected chi connectivity index (χ1v) is 5.23. The van der Waals surface area contributed by atoms with E-state index in [9.17, 15) is 9.59 Å². The zero-order valence-electron chi connectivity index (χ0n) is 10.2. The first-order chi connectivity index (χ1) is 8.58. The molecule has 1 aromatic rings. The van der Waals surface area contributed by atoms with Crippen molar-refractivity contribution in [2.75, 3.05) is 20.8 Å². The van der Waals surface area contributed by atoms with Gasteiger partial charge in [0.2, 0.25) is 0 Å². The molecule has 0 radical (unpaired) electrons. The highest BCUT2D eigenvalue weighted by molar-refractivity contribution is 5.85. The number of aldehydes is 1. The molecule has 3 N–H and O–H groups in total. The number of carbonyl (C=O) groups excluding carboxylic acids is 1. The van der Waals surface area contributed by atoms with Crippen molar-refractivity contribution >= 4 is 12.3 Å². The Hall–Kier alpha value is -2.08. The molecule has 0 aliphatic rings. The number of nitrogens with two attached hydrogens (primary N) is 1. The van der Waals surface area contributed by atoms with E-state index in [-0.39, 0.29) is 12.1 Å².